The van der Waals surface area contributed by atoms with Crippen LogP contribution in [0.1, 0.15) is 32.6 Å². The lowest BCUT2D eigenvalue weighted by Gasteiger charge is -2.34. The highest BCUT2D eigenvalue weighted by molar-refractivity contribution is 7.48. The third kappa shape index (κ3) is 4.16. The van der Waals surface area contributed by atoms with Gasteiger partial charge in [-0.1, -0.05) is 30.3 Å². The van der Waals surface area contributed by atoms with Crippen LogP contribution in [0, 0.1) is 0 Å². The Morgan fingerprint density at radius 3 is 2.82 bits per heavy atom. The molecule has 0 unspecified atom stereocenters. The average Bonchev–Trinajstić information content (AvgIpc) is 3.30. The zero-order chi connectivity index (χ0) is 24.1. The molecule has 2 aliphatic rings. The zero-order valence-electron chi connectivity index (χ0n) is 18.8. The third-order valence-corrected chi connectivity index (χ3v) is 7.17. The molecule has 34 heavy (non-hydrogen) atoms. The molecular formula is C21H25FN5O6P. The number of nitrogens with zero attached hydrogens (tertiary/aromatic N) is 4. The van der Waals surface area contributed by atoms with Gasteiger partial charge in [0.05, 0.1) is 19.0 Å². The Morgan fingerprint density at radius 2 is 2.09 bits per heavy atom. The largest absolute Gasteiger partial charge is 0.475 e. The van der Waals surface area contributed by atoms with E-state index in [0.29, 0.717) is 5.52 Å². The van der Waals surface area contributed by atoms with Crippen molar-refractivity contribution in [3.05, 3.63) is 42.2 Å². The maximum absolute atomic E-state index is 16.1. The van der Waals surface area contributed by atoms with Crippen LogP contribution in [-0.4, -0.2) is 50.1 Å². The molecule has 1 aromatic carbocycles. The number of rotatable bonds is 6. The normalized spacial score (nSPS) is 31.1. The van der Waals surface area contributed by atoms with Gasteiger partial charge in [0.25, 0.3) is 0 Å². The Labute approximate surface area is 195 Å². The van der Waals surface area contributed by atoms with Crippen molar-refractivity contribution in [2.45, 2.75) is 57.6 Å². The van der Waals surface area contributed by atoms with E-state index in [1.165, 1.54) is 17.8 Å². The van der Waals surface area contributed by atoms with Gasteiger partial charge in [-0.25, -0.2) is 13.9 Å². The lowest BCUT2D eigenvalue weighted by molar-refractivity contribution is -0.0733. The van der Waals surface area contributed by atoms with Gasteiger partial charge in [0, 0.05) is 0 Å². The van der Waals surface area contributed by atoms with E-state index >= 15 is 4.39 Å². The fourth-order valence-corrected chi connectivity index (χ4v) is 5.70. The van der Waals surface area contributed by atoms with Crippen molar-refractivity contribution in [1.29, 1.82) is 0 Å². The number of imidazole rings is 1. The Morgan fingerprint density at radius 1 is 1.32 bits per heavy atom. The molecule has 0 radical (unpaired) electrons. The number of nitrogens with two attached hydrogens (primary N) is 1. The number of anilines is 1. The van der Waals surface area contributed by atoms with Gasteiger partial charge < -0.3 is 15.2 Å². The maximum Gasteiger partial charge on any atom is 0.475 e. The maximum atomic E-state index is 16.1. The van der Waals surface area contributed by atoms with Crippen LogP contribution in [0.25, 0.3) is 11.2 Å². The Bertz CT molecular complexity index is 1240. The predicted molar refractivity (Wildman–Crippen MR) is 119 cm³/mol. The fraction of sp³-hybridized carbons (Fsp3) is 0.476. The zero-order valence-corrected chi connectivity index (χ0v) is 19.7. The highest BCUT2D eigenvalue weighted by Crippen LogP contribution is 2.60. The van der Waals surface area contributed by atoms with Crippen molar-refractivity contribution in [2.75, 3.05) is 12.3 Å². The molecule has 2 N–H and O–H groups in total. The van der Waals surface area contributed by atoms with E-state index in [1.807, 2.05) is 30.3 Å². The molecule has 0 spiro atoms. The number of phosphoric ester groups is 1. The van der Waals surface area contributed by atoms with Crippen LogP contribution < -0.4 is 10.5 Å². The summed E-state index contributed by atoms with van der Waals surface area (Å²) < 4.78 is 58.1. The summed E-state index contributed by atoms with van der Waals surface area (Å²) in [6.45, 7) is 4.75. The summed E-state index contributed by atoms with van der Waals surface area (Å²) in [6, 6.07) is 9.52. The van der Waals surface area contributed by atoms with Crippen molar-refractivity contribution >= 4 is 24.9 Å². The smallest absolute Gasteiger partial charge is 0.471 e. The molecule has 4 heterocycles. The number of hydrogen-bond acceptors (Lipinski definition) is 10. The van der Waals surface area contributed by atoms with Crippen molar-refractivity contribution in [1.82, 2.24) is 19.5 Å². The minimum absolute atomic E-state index is 0.0669. The fourth-order valence-electron chi connectivity index (χ4n) is 4.06. The summed E-state index contributed by atoms with van der Waals surface area (Å²) in [5.74, 6) is 0.0956. The number of ether oxygens (including phenoxy) is 2. The number of alkyl halides is 1. The molecule has 0 bridgehead atoms. The molecule has 2 aromatic heterocycles. The molecule has 13 heteroatoms. The van der Waals surface area contributed by atoms with E-state index in [1.54, 1.807) is 13.8 Å². The second kappa shape index (κ2) is 8.54. The second-order valence-electron chi connectivity index (χ2n) is 8.59. The third-order valence-electron chi connectivity index (χ3n) is 5.54. The average molecular weight is 493 g/mol. The van der Waals surface area contributed by atoms with E-state index in [2.05, 4.69) is 15.0 Å². The van der Waals surface area contributed by atoms with Crippen LogP contribution in [0.15, 0.2) is 36.7 Å². The van der Waals surface area contributed by atoms with Crippen LogP contribution in [-0.2, 0) is 29.5 Å². The molecule has 2 aliphatic heterocycles. The number of benzene rings is 1. The quantitative estimate of drug-likeness (QED) is 0.508. The first-order valence-electron chi connectivity index (χ1n) is 10.8. The molecule has 2 saturated heterocycles. The van der Waals surface area contributed by atoms with Gasteiger partial charge >= 0.3 is 7.82 Å². The van der Waals surface area contributed by atoms with Crippen LogP contribution in [0.5, 0.6) is 5.88 Å². The minimum Gasteiger partial charge on any atom is -0.471 e. The summed E-state index contributed by atoms with van der Waals surface area (Å²) in [5.41, 5.74) is 5.24. The number of fused-ring (bicyclic) bond motifs is 2. The van der Waals surface area contributed by atoms with Gasteiger partial charge in [0.15, 0.2) is 23.1 Å². The molecule has 0 saturated carbocycles. The highest BCUT2D eigenvalue weighted by atomic mass is 31.2. The van der Waals surface area contributed by atoms with Crippen molar-refractivity contribution in [3.63, 3.8) is 0 Å². The van der Waals surface area contributed by atoms with E-state index in [4.69, 9.17) is 28.8 Å². The lowest BCUT2D eigenvalue weighted by Crippen LogP contribution is -2.45. The van der Waals surface area contributed by atoms with E-state index in [-0.39, 0.29) is 30.7 Å². The first-order valence-corrected chi connectivity index (χ1v) is 12.2. The summed E-state index contributed by atoms with van der Waals surface area (Å²) in [4.78, 5) is 12.7. The van der Waals surface area contributed by atoms with E-state index in [0.717, 1.165) is 5.56 Å². The first kappa shape index (κ1) is 23.1. The molecular weight excluding hydrogens is 468 g/mol. The molecule has 182 valence electrons. The topological polar surface area (TPSA) is 133 Å². The van der Waals surface area contributed by atoms with Gasteiger partial charge in [-0.3, -0.25) is 18.1 Å². The summed E-state index contributed by atoms with van der Waals surface area (Å²) in [5, 5.41) is 0. The van der Waals surface area contributed by atoms with Gasteiger partial charge in [0.1, 0.15) is 18.8 Å². The molecule has 11 nitrogen and oxygen atoms in total. The number of hydrogen-bond donors (Lipinski definition) is 1. The summed E-state index contributed by atoms with van der Waals surface area (Å²) in [7, 11) is -3.94. The van der Waals surface area contributed by atoms with Gasteiger partial charge in [-0.05, 0) is 26.3 Å². The summed E-state index contributed by atoms with van der Waals surface area (Å²) in [6.07, 6.45) is -2.28. The molecule has 2 fully saturated rings. The number of halogens is 1. The van der Waals surface area contributed by atoms with Gasteiger partial charge in [-0.2, -0.15) is 9.97 Å². The first-order chi connectivity index (χ1) is 16.2. The van der Waals surface area contributed by atoms with Crippen LogP contribution in [0.3, 0.4) is 0 Å². The van der Waals surface area contributed by atoms with Crippen molar-refractivity contribution in [3.8, 4) is 5.88 Å². The Hall–Kier alpha value is -2.63. The van der Waals surface area contributed by atoms with Crippen LogP contribution >= 0.6 is 7.82 Å². The minimum atomic E-state index is -3.94. The SMILES string of the molecule is CC(C)O[P@@]1(=O)OC[C@H]2O[C@@H](n3cnc4c(OCc5ccccc5)nc(N)nc43)[C@](C)(F)[C@@H]2O1. The van der Waals surface area contributed by atoms with E-state index < -0.39 is 38.0 Å². The number of nitrogen functional groups attached to an aromatic ring is 1. The lowest BCUT2D eigenvalue weighted by atomic mass is 9.98. The summed E-state index contributed by atoms with van der Waals surface area (Å²) >= 11 is 0. The molecule has 5 atom stereocenters. The van der Waals surface area contributed by atoms with Crippen LogP contribution in [0.4, 0.5) is 10.3 Å². The standard InChI is InChI=1S/C21H25FN5O6P/c1-12(2)32-34(28)30-10-14-16(33-34)21(3,22)19(31-14)27-11-24-15-17(27)25-20(23)26-18(15)29-9-13-7-5-4-6-8-13/h4-8,11-12,14,16,19H,9-10H2,1-3H3,(H2,23,25,26)/t14-,16-,19-,21-,34-/m1/s1. The van der Waals surface area contributed by atoms with Crippen molar-refractivity contribution < 1.29 is 32.0 Å². The molecule has 3 aromatic rings. The van der Waals surface area contributed by atoms with Crippen LogP contribution in [0.2, 0.25) is 0 Å². The molecule has 0 aliphatic carbocycles. The van der Waals surface area contributed by atoms with E-state index in [9.17, 15) is 4.57 Å². The molecule has 0 amide bonds. The Balaban J connectivity index is 1.44. The highest BCUT2D eigenvalue weighted by Gasteiger charge is 2.61. The Kier molecular flexibility index (Phi) is 5.81. The second-order valence-corrected chi connectivity index (χ2v) is 10.2. The monoisotopic (exact) mass is 493 g/mol. The molecule has 5 rings (SSSR count). The van der Waals surface area contributed by atoms with Gasteiger partial charge in [0.2, 0.25) is 11.8 Å². The van der Waals surface area contributed by atoms with Crippen molar-refractivity contribution in [2.24, 2.45) is 0 Å². The number of aromatic nitrogens is 4. The predicted octanol–water partition coefficient (Wildman–Crippen LogP) is 3.56. The van der Waals surface area contributed by atoms with Gasteiger partial charge in [-0.15, -0.1) is 0 Å². The number of phosphoric acid groups is 1.